The molecule has 3 aromatic rings. The Hall–Kier alpha value is -2.54. The maximum atomic E-state index is 12.7. The molecule has 1 aromatic carbocycles. The molecule has 1 saturated heterocycles. The van der Waals surface area contributed by atoms with Gasteiger partial charge in [0.25, 0.3) is 0 Å². The van der Waals surface area contributed by atoms with Gasteiger partial charge in [0.1, 0.15) is 11.6 Å². The van der Waals surface area contributed by atoms with Crippen LogP contribution in [0.25, 0.3) is 0 Å². The van der Waals surface area contributed by atoms with Crippen molar-refractivity contribution in [1.82, 2.24) is 19.7 Å². The molecule has 1 atom stereocenters. The van der Waals surface area contributed by atoms with Gasteiger partial charge in [0.05, 0.1) is 18.1 Å². The lowest BCUT2D eigenvalue weighted by molar-refractivity contribution is -0.129. The van der Waals surface area contributed by atoms with Gasteiger partial charge in [-0.3, -0.25) is 9.36 Å². The SMILES string of the molecule is C[C@H](Sc1nnc(Cc2ccccc2)n1Cc1ccco1)C(=O)N1CCCC1. The second kappa shape index (κ2) is 8.65. The number of furan rings is 1. The number of nitrogens with zero attached hydrogens (tertiary/aromatic N) is 4. The van der Waals surface area contributed by atoms with Crippen molar-refractivity contribution in [3.8, 4) is 0 Å². The van der Waals surface area contributed by atoms with E-state index in [2.05, 4.69) is 26.9 Å². The van der Waals surface area contributed by atoms with Gasteiger partial charge in [-0.1, -0.05) is 42.1 Å². The van der Waals surface area contributed by atoms with Gasteiger partial charge in [0.15, 0.2) is 5.16 Å². The Morgan fingerprint density at radius 1 is 1.14 bits per heavy atom. The lowest BCUT2D eigenvalue weighted by Gasteiger charge is -2.19. The highest BCUT2D eigenvalue weighted by molar-refractivity contribution is 8.00. The van der Waals surface area contributed by atoms with Crippen molar-refractivity contribution in [1.29, 1.82) is 0 Å². The molecule has 1 amide bonds. The zero-order valence-corrected chi connectivity index (χ0v) is 16.8. The van der Waals surface area contributed by atoms with E-state index in [0.717, 1.165) is 42.7 Å². The smallest absolute Gasteiger partial charge is 0.235 e. The summed E-state index contributed by atoms with van der Waals surface area (Å²) in [5.74, 6) is 1.89. The van der Waals surface area contributed by atoms with Crippen LogP contribution < -0.4 is 0 Å². The quantitative estimate of drug-likeness (QED) is 0.571. The van der Waals surface area contributed by atoms with Crippen LogP contribution in [-0.4, -0.2) is 43.9 Å². The van der Waals surface area contributed by atoms with Crippen molar-refractivity contribution in [2.75, 3.05) is 13.1 Å². The third-order valence-electron chi connectivity index (χ3n) is 4.94. The number of likely N-dealkylation sites (tertiary alicyclic amines) is 1. The molecule has 1 aliphatic rings. The number of carbonyl (C=O) groups is 1. The summed E-state index contributed by atoms with van der Waals surface area (Å²) in [6.45, 7) is 4.23. The van der Waals surface area contributed by atoms with Gasteiger partial charge >= 0.3 is 0 Å². The zero-order valence-electron chi connectivity index (χ0n) is 16.0. The highest BCUT2D eigenvalue weighted by Gasteiger charge is 2.26. The Kier molecular flexibility index (Phi) is 5.81. The first-order valence-corrected chi connectivity index (χ1v) is 10.5. The third kappa shape index (κ3) is 4.30. The molecule has 0 spiro atoms. The van der Waals surface area contributed by atoms with Gasteiger partial charge in [-0.05, 0) is 37.5 Å². The second-order valence-corrected chi connectivity index (χ2v) is 8.33. The second-order valence-electron chi connectivity index (χ2n) is 7.02. The predicted molar refractivity (Wildman–Crippen MR) is 108 cm³/mol. The molecule has 0 unspecified atom stereocenters. The van der Waals surface area contributed by atoms with Crippen LogP contribution in [0.15, 0.2) is 58.3 Å². The van der Waals surface area contributed by atoms with Gasteiger partial charge in [-0.2, -0.15) is 0 Å². The van der Waals surface area contributed by atoms with E-state index >= 15 is 0 Å². The summed E-state index contributed by atoms with van der Waals surface area (Å²) in [7, 11) is 0. The number of benzene rings is 1. The fourth-order valence-corrected chi connectivity index (χ4v) is 4.39. The molecular formula is C21H24N4O2S. The molecule has 6 nitrogen and oxygen atoms in total. The number of thioether (sulfide) groups is 1. The predicted octanol–water partition coefficient (Wildman–Crippen LogP) is 3.61. The first kappa shape index (κ1) is 18.8. The third-order valence-corrected chi connectivity index (χ3v) is 6.01. The monoisotopic (exact) mass is 396 g/mol. The number of carbonyl (C=O) groups excluding carboxylic acids is 1. The molecule has 0 saturated carbocycles. The van der Waals surface area contributed by atoms with Crippen LogP contribution in [0.2, 0.25) is 0 Å². The highest BCUT2D eigenvalue weighted by Crippen LogP contribution is 2.26. The Morgan fingerprint density at radius 2 is 1.93 bits per heavy atom. The summed E-state index contributed by atoms with van der Waals surface area (Å²) in [5.41, 5.74) is 1.17. The van der Waals surface area contributed by atoms with Gasteiger partial charge in [-0.15, -0.1) is 10.2 Å². The number of hydrogen-bond donors (Lipinski definition) is 0. The largest absolute Gasteiger partial charge is 0.467 e. The van der Waals surface area contributed by atoms with Crippen LogP contribution in [-0.2, 0) is 17.8 Å². The number of amides is 1. The first-order valence-electron chi connectivity index (χ1n) is 9.64. The van der Waals surface area contributed by atoms with Crippen molar-refractivity contribution in [3.05, 3.63) is 65.9 Å². The van der Waals surface area contributed by atoms with E-state index in [4.69, 9.17) is 4.42 Å². The van der Waals surface area contributed by atoms with Crippen LogP contribution >= 0.6 is 11.8 Å². The topological polar surface area (TPSA) is 64.2 Å². The molecule has 1 fully saturated rings. The summed E-state index contributed by atoms with van der Waals surface area (Å²) in [6, 6.07) is 14.0. The highest BCUT2D eigenvalue weighted by atomic mass is 32.2. The average molecular weight is 397 g/mol. The number of aromatic nitrogens is 3. The molecule has 1 aliphatic heterocycles. The summed E-state index contributed by atoms with van der Waals surface area (Å²) in [5, 5.41) is 9.39. The van der Waals surface area contributed by atoms with Crippen LogP contribution in [0.5, 0.6) is 0 Å². The minimum absolute atomic E-state index is 0.180. The molecule has 7 heteroatoms. The van der Waals surface area contributed by atoms with E-state index in [-0.39, 0.29) is 11.2 Å². The maximum Gasteiger partial charge on any atom is 0.235 e. The molecule has 0 bridgehead atoms. The molecule has 2 aromatic heterocycles. The molecule has 4 rings (SSSR count). The summed E-state index contributed by atoms with van der Waals surface area (Å²) in [6.07, 6.45) is 4.55. The maximum absolute atomic E-state index is 12.7. The van der Waals surface area contributed by atoms with Crippen molar-refractivity contribution in [2.45, 2.75) is 43.1 Å². The molecule has 0 radical (unpaired) electrons. The number of rotatable bonds is 7. The van der Waals surface area contributed by atoms with E-state index in [1.165, 1.54) is 17.3 Å². The van der Waals surface area contributed by atoms with Crippen LogP contribution in [0.1, 0.15) is 36.9 Å². The van der Waals surface area contributed by atoms with Crippen LogP contribution in [0.3, 0.4) is 0 Å². The fourth-order valence-electron chi connectivity index (χ4n) is 3.44. The van der Waals surface area contributed by atoms with E-state index in [1.807, 2.05) is 42.2 Å². The van der Waals surface area contributed by atoms with E-state index in [1.54, 1.807) is 6.26 Å². The van der Waals surface area contributed by atoms with Gasteiger partial charge in [0.2, 0.25) is 5.91 Å². The molecule has 146 valence electrons. The van der Waals surface area contributed by atoms with Gasteiger partial charge in [0, 0.05) is 19.5 Å². The Balaban J connectivity index is 1.56. The van der Waals surface area contributed by atoms with Crippen molar-refractivity contribution in [2.24, 2.45) is 0 Å². The van der Waals surface area contributed by atoms with E-state index in [9.17, 15) is 4.79 Å². The average Bonchev–Trinajstić information content (AvgIpc) is 3.47. The first-order chi connectivity index (χ1) is 13.7. The zero-order chi connectivity index (χ0) is 19.3. The molecular weight excluding hydrogens is 372 g/mol. The summed E-state index contributed by atoms with van der Waals surface area (Å²) >= 11 is 1.47. The Labute approximate surface area is 168 Å². The lowest BCUT2D eigenvalue weighted by atomic mass is 10.1. The molecule has 28 heavy (non-hydrogen) atoms. The number of hydrogen-bond acceptors (Lipinski definition) is 5. The van der Waals surface area contributed by atoms with Crippen LogP contribution in [0, 0.1) is 0 Å². The normalized spacial score (nSPS) is 15.1. The molecule has 3 heterocycles. The van der Waals surface area contributed by atoms with E-state index in [0.29, 0.717) is 13.0 Å². The minimum Gasteiger partial charge on any atom is -0.467 e. The molecule has 0 N–H and O–H groups in total. The minimum atomic E-state index is -0.192. The fraction of sp³-hybridized carbons (Fsp3) is 0.381. The van der Waals surface area contributed by atoms with Crippen molar-refractivity contribution >= 4 is 17.7 Å². The van der Waals surface area contributed by atoms with Crippen molar-refractivity contribution in [3.63, 3.8) is 0 Å². The van der Waals surface area contributed by atoms with E-state index < -0.39 is 0 Å². The van der Waals surface area contributed by atoms with Crippen LogP contribution in [0.4, 0.5) is 0 Å². The standard InChI is InChI=1S/C21H24N4O2S/c1-16(20(26)24-11-5-6-12-24)28-21-23-22-19(14-17-8-3-2-4-9-17)25(21)15-18-10-7-13-27-18/h2-4,7-10,13,16H,5-6,11-12,14-15H2,1H3/t16-/m0/s1. The Morgan fingerprint density at radius 3 is 2.64 bits per heavy atom. The summed E-state index contributed by atoms with van der Waals surface area (Å²) in [4.78, 5) is 14.7. The molecule has 0 aliphatic carbocycles. The van der Waals surface area contributed by atoms with Crippen molar-refractivity contribution < 1.29 is 9.21 Å². The van der Waals surface area contributed by atoms with Gasteiger partial charge < -0.3 is 9.32 Å². The summed E-state index contributed by atoms with van der Waals surface area (Å²) < 4.78 is 7.60. The van der Waals surface area contributed by atoms with Gasteiger partial charge in [-0.25, -0.2) is 0 Å². The Bertz CT molecular complexity index is 902. The lowest BCUT2D eigenvalue weighted by Crippen LogP contribution is -2.34.